The second-order valence-corrected chi connectivity index (χ2v) is 7.81. The molecule has 0 aliphatic carbocycles. The third kappa shape index (κ3) is 3.73. The van der Waals surface area contributed by atoms with Crippen LogP contribution in [0.25, 0.3) is 0 Å². The van der Waals surface area contributed by atoms with Crippen LogP contribution in [-0.4, -0.2) is 30.4 Å². The summed E-state index contributed by atoms with van der Waals surface area (Å²) >= 11 is 1.32. The molecule has 1 aliphatic rings. The lowest BCUT2D eigenvalue weighted by Crippen LogP contribution is -2.39. The number of thiophene rings is 1. The van der Waals surface area contributed by atoms with Crippen LogP contribution >= 0.6 is 11.3 Å². The van der Waals surface area contributed by atoms with Crippen molar-refractivity contribution in [2.45, 2.75) is 40.2 Å². The van der Waals surface area contributed by atoms with Crippen molar-refractivity contribution in [3.05, 3.63) is 45.8 Å². The van der Waals surface area contributed by atoms with E-state index in [1.807, 2.05) is 31.2 Å². The lowest BCUT2D eigenvalue weighted by Gasteiger charge is -2.22. The summed E-state index contributed by atoms with van der Waals surface area (Å²) < 4.78 is 5.47. The molecule has 0 bridgehead atoms. The summed E-state index contributed by atoms with van der Waals surface area (Å²) in [6.07, 6.45) is -0.133. The van der Waals surface area contributed by atoms with Gasteiger partial charge in [0.1, 0.15) is 5.00 Å². The highest BCUT2D eigenvalue weighted by Gasteiger charge is 2.31. The molecule has 2 aromatic rings. The molecule has 0 saturated carbocycles. The number of amides is 2. The van der Waals surface area contributed by atoms with Crippen molar-refractivity contribution in [2.75, 3.05) is 16.8 Å². The van der Waals surface area contributed by atoms with E-state index in [9.17, 15) is 14.4 Å². The molecule has 0 saturated heterocycles. The normalized spacial score (nSPS) is 13.9. The van der Waals surface area contributed by atoms with Gasteiger partial charge in [0.05, 0.1) is 5.56 Å². The van der Waals surface area contributed by atoms with Crippen LogP contribution in [0.3, 0.4) is 0 Å². The van der Waals surface area contributed by atoms with Crippen LogP contribution in [-0.2, 0) is 20.7 Å². The average molecular weight is 386 g/mol. The lowest BCUT2D eigenvalue weighted by molar-refractivity contribution is -0.126. The second-order valence-electron chi connectivity index (χ2n) is 6.58. The molecule has 1 aromatic heterocycles. The monoisotopic (exact) mass is 386 g/mol. The van der Waals surface area contributed by atoms with Crippen LogP contribution in [0.5, 0.6) is 0 Å². The van der Waals surface area contributed by atoms with Gasteiger partial charge in [0.2, 0.25) is 5.91 Å². The Labute approximate surface area is 162 Å². The minimum Gasteiger partial charge on any atom is -0.449 e. The van der Waals surface area contributed by atoms with E-state index >= 15 is 0 Å². The van der Waals surface area contributed by atoms with E-state index in [4.69, 9.17) is 4.74 Å². The molecule has 1 aromatic carbocycles. The van der Waals surface area contributed by atoms with Crippen LogP contribution in [0, 0.1) is 13.8 Å². The maximum atomic E-state index is 12.8. The Morgan fingerprint density at radius 1 is 1.22 bits per heavy atom. The molecule has 0 radical (unpaired) electrons. The number of para-hydroxylation sites is 1. The van der Waals surface area contributed by atoms with Gasteiger partial charge in [0, 0.05) is 24.0 Å². The van der Waals surface area contributed by atoms with Crippen molar-refractivity contribution >= 4 is 39.8 Å². The predicted octanol–water partition coefficient (Wildman–Crippen LogP) is 3.46. The number of nitrogens with zero attached hydrogens (tertiary/aromatic N) is 1. The first-order valence-corrected chi connectivity index (χ1v) is 9.59. The summed E-state index contributed by atoms with van der Waals surface area (Å²) in [7, 11) is 0. The fraction of sp³-hybridized carbons (Fsp3) is 0.350. The van der Waals surface area contributed by atoms with Gasteiger partial charge in [-0.2, -0.15) is 0 Å². The van der Waals surface area contributed by atoms with Gasteiger partial charge < -0.3 is 15.0 Å². The van der Waals surface area contributed by atoms with Crippen LogP contribution in [0.4, 0.5) is 10.7 Å². The predicted molar refractivity (Wildman–Crippen MR) is 105 cm³/mol. The van der Waals surface area contributed by atoms with E-state index in [2.05, 4.69) is 5.32 Å². The first-order chi connectivity index (χ1) is 12.8. The van der Waals surface area contributed by atoms with Gasteiger partial charge >= 0.3 is 5.97 Å². The zero-order valence-corrected chi connectivity index (χ0v) is 16.6. The van der Waals surface area contributed by atoms with Crippen LogP contribution in [0.15, 0.2) is 24.3 Å². The third-order valence-electron chi connectivity index (χ3n) is 4.66. The molecule has 1 atom stereocenters. The molecule has 1 N–H and O–H groups in total. The summed E-state index contributed by atoms with van der Waals surface area (Å²) in [6.45, 7) is 7.22. The van der Waals surface area contributed by atoms with Crippen LogP contribution in [0.2, 0.25) is 0 Å². The smallest absolute Gasteiger partial charge is 0.342 e. The van der Waals surface area contributed by atoms with E-state index in [0.29, 0.717) is 17.1 Å². The molecule has 1 aliphatic heterocycles. The number of rotatable bonds is 4. The quantitative estimate of drug-likeness (QED) is 0.817. The highest BCUT2D eigenvalue weighted by molar-refractivity contribution is 7.16. The molecule has 142 valence electrons. The van der Waals surface area contributed by atoms with Gasteiger partial charge in [-0.15, -0.1) is 11.3 Å². The molecule has 6 nitrogen and oxygen atoms in total. The summed E-state index contributed by atoms with van der Waals surface area (Å²) in [5.41, 5.74) is 3.04. The Hall–Kier alpha value is -2.67. The van der Waals surface area contributed by atoms with Gasteiger partial charge in [-0.1, -0.05) is 18.2 Å². The standard InChI is InChI=1S/C20H22N2O4S/c1-11-13(3)27-18(21-14(4)23)17(11)20(25)26-12(2)19(24)22-10-9-15-7-5-6-8-16(15)22/h5-8,12H,9-10H2,1-4H3,(H,21,23)/t12-/m0/s1. The van der Waals surface area contributed by atoms with E-state index < -0.39 is 12.1 Å². The highest BCUT2D eigenvalue weighted by atomic mass is 32.1. The Bertz CT molecular complexity index is 919. The fourth-order valence-electron chi connectivity index (χ4n) is 3.18. The van der Waals surface area contributed by atoms with E-state index in [1.54, 1.807) is 18.7 Å². The van der Waals surface area contributed by atoms with Gasteiger partial charge in [-0.25, -0.2) is 4.79 Å². The summed E-state index contributed by atoms with van der Waals surface area (Å²) in [6, 6.07) is 7.73. The maximum Gasteiger partial charge on any atom is 0.342 e. The van der Waals surface area contributed by atoms with E-state index in [-0.39, 0.29) is 11.8 Å². The lowest BCUT2D eigenvalue weighted by atomic mass is 10.1. The topological polar surface area (TPSA) is 75.7 Å². The number of fused-ring (bicyclic) bond motifs is 1. The summed E-state index contributed by atoms with van der Waals surface area (Å²) in [4.78, 5) is 39.5. The molecule has 27 heavy (non-hydrogen) atoms. The Balaban J connectivity index is 1.77. The fourth-order valence-corrected chi connectivity index (χ4v) is 4.27. The Morgan fingerprint density at radius 2 is 1.93 bits per heavy atom. The molecule has 2 amide bonds. The zero-order chi connectivity index (χ0) is 19.7. The molecule has 0 unspecified atom stereocenters. The van der Waals surface area contributed by atoms with Crippen molar-refractivity contribution in [1.29, 1.82) is 0 Å². The van der Waals surface area contributed by atoms with Crippen molar-refractivity contribution in [3.63, 3.8) is 0 Å². The Kier molecular flexibility index (Phi) is 5.32. The number of nitrogens with one attached hydrogen (secondary N) is 1. The highest BCUT2D eigenvalue weighted by Crippen LogP contribution is 2.33. The van der Waals surface area contributed by atoms with Crippen LogP contribution in [0.1, 0.15) is 40.2 Å². The molecular weight excluding hydrogens is 364 g/mol. The van der Waals surface area contributed by atoms with Gasteiger partial charge in [0.25, 0.3) is 5.91 Å². The van der Waals surface area contributed by atoms with E-state index in [1.165, 1.54) is 18.3 Å². The number of aryl methyl sites for hydroxylation is 1. The van der Waals surface area contributed by atoms with Gasteiger partial charge in [-0.05, 0) is 44.4 Å². The number of carbonyl (C=O) groups excluding carboxylic acids is 3. The summed E-state index contributed by atoms with van der Waals surface area (Å²) in [5.74, 6) is -1.11. The largest absolute Gasteiger partial charge is 0.449 e. The Morgan fingerprint density at radius 3 is 2.63 bits per heavy atom. The number of hydrogen-bond donors (Lipinski definition) is 1. The minimum absolute atomic E-state index is 0.251. The van der Waals surface area contributed by atoms with Crippen molar-refractivity contribution in [2.24, 2.45) is 0 Å². The van der Waals surface area contributed by atoms with Crippen LogP contribution < -0.4 is 10.2 Å². The van der Waals surface area contributed by atoms with Gasteiger partial charge in [-0.3, -0.25) is 9.59 Å². The number of ether oxygens (including phenoxy) is 1. The molecule has 0 fully saturated rings. The second kappa shape index (κ2) is 7.52. The average Bonchev–Trinajstić information content (AvgIpc) is 3.15. The SMILES string of the molecule is CC(=O)Nc1sc(C)c(C)c1C(=O)O[C@@H](C)C(=O)N1CCc2ccccc21. The number of hydrogen-bond acceptors (Lipinski definition) is 5. The number of carbonyl (C=O) groups is 3. The van der Waals surface area contributed by atoms with Crippen molar-refractivity contribution in [3.8, 4) is 0 Å². The third-order valence-corrected chi connectivity index (χ3v) is 5.79. The number of benzene rings is 1. The maximum absolute atomic E-state index is 12.8. The number of anilines is 2. The van der Waals surface area contributed by atoms with Crippen molar-refractivity contribution < 1.29 is 19.1 Å². The van der Waals surface area contributed by atoms with E-state index in [0.717, 1.165) is 28.1 Å². The molecular formula is C20H22N2O4S. The number of esters is 1. The van der Waals surface area contributed by atoms with Gasteiger partial charge in [0.15, 0.2) is 6.10 Å². The zero-order valence-electron chi connectivity index (χ0n) is 15.8. The molecule has 7 heteroatoms. The molecule has 0 spiro atoms. The molecule has 3 rings (SSSR count). The van der Waals surface area contributed by atoms with Crippen molar-refractivity contribution in [1.82, 2.24) is 0 Å². The first-order valence-electron chi connectivity index (χ1n) is 8.77. The summed E-state index contributed by atoms with van der Waals surface area (Å²) in [5, 5.41) is 3.12. The molecule has 2 heterocycles. The minimum atomic E-state index is -0.923. The first kappa shape index (κ1) is 19.1.